The van der Waals surface area contributed by atoms with E-state index in [4.69, 9.17) is 19.2 Å². The van der Waals surface area contributed by atoms with E-state index in [0.29, 0.717) is 51.7 Å². The van der Waals surface area contributed by atoms with Gasteiger partial charge in [-0.2, -0.15) is 0 Å². The number of aliphatic imine (C=N–C) groups is 1. The number of ether oxygens (including phenoxy) is 3. The molecule has 1 unspecified atom stereocenters. The van der Waals surface area contributed by atoms with Gasteiger partial charge in [0.25, 0.3) is 0 Å². The van der Waals surface area contributed by atoms with Crippen LogP contribution in [0.1, 0.15) is 39.9 Å². The Balaban J connectivity index is 1.31. The van der Waals surface area contributed by atoms with Crippen molar-refractivity contribution in [2.75, 3.05) is 51.9 Å². The Bertz CT molecular complexity index is 1560. The van der Waals surface area contributed by atoms with E-state index in [2.05, 4.69) is 17.3 Å². The van der Waals surface area contributed by atoms with E-state index < -0.39 is 11.9 Å². The second-order valence-corrected chi connectivity index (χ2v) is 10.5. The quantitative estimate of drug-likeness (QED) is 0.341. The van der Waals surface area contributed by atoms with E-state index in [1.165, 1.54) is 0 Å². The van der Waals surface area contributed by atoms with Gasteiger partial charge in [0.05, 0.1) is 30.0 Å². The number of anilines is 1. The lowest BCUT2D eigenvalue weighted by Gasteiger charge is -2.32. The number of hydrogen-bond donors (Lipinski definition) is 1. The minimum atomic E-state index is -0.727. The van der Waals surface area contributed by atoms with Gasteiger partial charge in [-0.05, 0) is 67.6 Å². The van der Waals surface area contributed by atoms with Gasteiger partial charge in [0.1, 0.15) is 5.92 Å². The fraction of sp³-hybridized carbons (Fsp3) is 0.312. The van der Waals surface area contributed by atoms with Crippen LogP contribution >= 0.6 is 0 Å². The van der Waals surface area contributed by atoms with Gasteiger partial charge in [-0.25, -0.2) is 4.79 Å². The lowest BCUT2D eigenvalue weighted by molar-refractivity contribution is -0.132. The van der Waals surface area contributed by atoms with Crippen LogP contribution in [0.2, 0.25) is 0 Å². The number of piperazine rings is 1. The molecule has 0 aliphatic carbocycles. The Kier molecular flexibility index (Phi) is 7.62. The molecule has 10 heteroatoms. The number of carbonyl (C=O) groups is 3. The van der Waals surface area contributed by atoms with E-state index in [0.717, 1.165) is 31.7 Å². The second-order valence-electron chi connectivity index (χ2n) is 10.5. The minimum absolute atomic E-state index is 0.113. The summed E-state index contributed by atoms with van der Waals surface area (Å²) in [6, 6.07) is 18.1. The van der Waals surface area contributed by atoms with E-state index >= 15 is 0 Å². The van der Waals surface area contributed by atoms with Crippen LogP contribution in [-0.2, 0) is 20.7 Å². The zero-order chi connectivity index (χ0) is 29.2. The molecule has 0 radical (unpaired) electrons. The number of nitrogens with zero attached hydrogens (tertiary/aromatic N) is 3. The number of rotatable bonds is 7. The number of esters is 1. The fourth-order valence-corrected chi connectivity index (χ4v) is 5.40. The number of likely N-dealkylation sites (N-methyl/N-ethyl adjacent to an activating group) is 1. The lowest BCUT2D eigenvalue weighted by Crippen LogP contribution is -2.47. The van der Waals surface area contributed by atoms with Crippen molar-refractivity contribution in [2.24, 2.45) is 4.99 Å². The molecule has 3 aliphatic rings. The van der Waals surface area contributed by atoms with E-state index in [9.17, 15) is 14.4 Å². The van der Waals surface area contributed by atoms with Crippen LogP contribution < -0.4 is 14.8 Å². The van der Waals surface area contributed by atoms with Crippen LogP contribution in [0.4, 0.5) is 11.4 Å². The first-order chi connectivity index (χ1) is 20.4. The van der Waals surface area contributed by atoms with Crippen molar-refractivity contribution in [2.45, 2.75) is 19.3 Å². The highest BCUT2D eigenvalue weighted by Gasteiger charge is 2.36. The van der Waals surface area contributed by atoms with E-state index in [-0.39, 0.29) is 25.2 Å². The van der Waals surface area contributed by atoms with Crippen LogP contribution in [0.5, 0.6) is 11.5 Å². The van der Waals surface area contributed by atoms with Gasteiger partial charge >= 0.3 is 5.97 Å². The number of fused-ring (bicyclic) bond motifs is 2. The summed E-state index contributed by atoms with van der Waals surface area (Å²) in [4.78, 5) is 47.6. The molecule has 2 amide bonds. The van der Waals surface area contributed by atoms with Gasteiger partial charge in [-0.3, -0.25) is 14.6 Å². The number of hydrogen-bond acceptors (Lipinski definition) is 8. The normalized spacial score (nSPS) is 18.0. The number of nitrogens with one attached hydrogen (secondary N) is 1. The van der Waals surface area contributed by atoms with Crippen molar-refractivity contribution >= 4 is 34.9 Å². The molecule has 1 fully saturated rings. The number of carbonyl (C=O) groups excluding carboxylic acids is 3. The zero-order valence-corrected chi connectivity index (χ0v) is 23.6. The fourth-order valence-electron chi connectivity index (χ4n) is 5.40. The Labute approximate surface area is 243 Å². The molecule has 1 N–H and O–H groups in total. The van der Waals surface area contributed by atoms with Gasteiger partial charge in [-0.15, -0.1) is 0 Å². The molecular weight excluding hydrogens is 536 g/mol. The highest BCUT2D eigenvalue weighted by atomic mass is 16.7. The summed E-state index contributed by atoms with van der Waals surface area (Å²) in [7, 11) is 2.06. The minimum Gasteiger partial charge on any atom is -0.462 e. The van der Waals surface area contributed by atoms with Crippen LogP contribution in [0.25, 0.3) is 0 Å². The maximum absolute atomic E-state index is 13.4. The van der Waals surface area contributed by atoms with E-state index in [1.54, 1.807) is 31.2 Å². The van der Waals surface area contributed by atoms with Gasteiger partial charge < -0.3 is 29.3 Å². The monoisotopic (exact) mass is 568 g/mol. The Morgan fingerprint density at radius 1 is 0.952 bits per heavy atom. The molecule has 10 nitrogen and oxygen atoms in total. The third-order valence-corrected chi connectivity index (χ3v) is 7.73. The third kappa shape index (κ3) is 5.58. The highest BCUT2D eigenvalue weighted by molar-refractivity contribution is 6.24. The highest BCUT2D eigenvalue weighted by Crippen LogP contribution is 2.39. The largest absolute Gasteiger partial charge is 0.462 e. The van der Waals surface area contributed by atoms with Gasteiger partial charge in [-0.1, -0.05) is 18.2 Å². The molecule has 42 heavy (non-hydrogen) atoms. The molecule has 0 saturated carbocycles. The van der Waals surface area contributed by atoms with Crippen molar-refractivity contribution in [3.8, 4) is 11.5 Å². The molecule has 1 saturated heterocycles. The number of benzene rings is 3. The molecule has 216 valence electrons. The predicted octanol–water partition coefficient (Wildman–Crippen LogP) is 3.77. The summed E-state index contributed by atoms with van der Waals surface area (Å²) in [6.45, 7) is 5.37. The molecule has 3 aliphatic heterocycles. The van der Waals surface area contributed by atoms with Crippen LogP contribution in [0, 0.1) is 0 Å². The molecule has 3 aromatic rings. The topological polar surface area (TPSA) is 110 Å². The van der Waals surface area contributed by atoms with Gasteiger partial charge in [0, 0.05) is 37.4 Å². The summed E-state index contributed by atoms with van der Waals surface area (Å²) >= 11 is 0. The molecule has 0 aromatic heterocycles. The number of amides is 2. The summed E-state index contributed by atoms with van der Waals surface area (Å²) in [5.74, 6) is -0.111. The first kappa shape index (κ1) is 27.5. The predicted molar refractivity (Wildman–Crippen MR) is 157 cm³/mol. The Morgan fingerprint density at radius 3 is 2.45 bits per heavy atom. The molecule has 6 rings (SSSR count). The molecule has 3 aromatic carbocycles. The van der Waals surface area contributed by atoms with E-state index in [1.807, 2.05) is 41.3 Å². The van der Waals surface area contributed by atoms with Crippen molar-refractivity contribution in [1.82, 2.24) is 9.80 Å². The average molecular weight is 569 g/mol. The van der Waals surface area contributed by atoms with Crippen LogP contribution in [-0.4, -0.2) is 79.9 Å². The maximum atomic E-state index is 13.4. The molecular formula is C32H32N4O6. The SMILES string of the molecule is CCOC(=O)c1ccc2c(c1)NC(=O)C2C(=Nc1ccc(CC(=O)N2CCN(C)CC2)cc1)c1ccc2c(c1)OCO2. The summed E-state index contributed by atoms with van der Waals surface area (Å²) in [5.41, 5.74) is 4.38. The van der Waals surface area contributed by atoms with Crippen LogP contribution in [0.3, 0.4) is 0 Å². The smallest absolute Gasteiger partial charge is 0.338 e. The third-order valence-electron chi connectivity index (χ3n) is 7.73. The van der Waals surface area contributed by atoms with Gasteiger partial charge in [0.15, 0.2) is 11.5 Å². The van der Waals surface area contributed by atoms with Gasteiger partial charge in [0.2, 0.25) is 18.6 Å². The first-order valence-corrected chi connectivity index (χ1v) is 14.1. The molecule has 0 bridgehead atoms. The van der Waals surface area contributed by atoms with Crippen molar-refractivity contribution in [3.05, 3.63) is 82.9 Å². The second kappa shape index (κ2) is 11.7. The lowest BCUT2D eigenvalue weighted by atomic mass is 9.90. The average Bonchev–Trinajstić information content (AvgIpc) is 3.60. The summed E-state index contributed by atoms with van der Waals surface area (Å²) in [5, 5.41) is 2.91. The summed E-state index contributed by atoms with van der Waals surface area (Å²) in [6.07, 6.45) is 0.323. The standard InChI is InChI=1S/C32H32N4O6/c1-3-40-32(39)22-6-10-24-25(17-22)34-31(38)29(24)30(21-7-11-26-27(18-21)42-19-41-26)33-23-8-4-20(5-9-23)16-28(37)36-14-12-35(2)13-15-36/h4-11,17-18,29H,3,12-16,19H2,1-2H3,(H,34,38). The Morgan fingerprint density at radius 2 is 1.69 bits per heavy atom. The molecule has 3 heterocycles. The van der Waals surface area contributed by atoms with Crippen molar-refractivity contribution in [1.29, 1.82) is 0 Å². The molecule has 1 atom stereocenters. The van der Waals surface area contributed by atoms with Crippen LogP contribution in [0.15, 0.2) is 65.7 Å². The Hall–Kier alpha value is -4.70. The maximum Gasteiger partial charge on any atom is 0.338 e. The summed E-state index contributed by atoms with van der Waals surface area (Å²) < 4.78 is 16.2. The molecule has 0 spiro atoms. The zero-order valence-electron chi connectivity index (χ0n) is 23.6. The first-order valence-electron chi connectivity index (χ1n) is 14.1. The van der Waals surface area contributed by atoms with Crippen molar-refractivity contribution < 1.29 is 28.6 Å². The van der Waals surface area contributed by atoms with Crippen molar-refractivity contribution in [3.63, 3.8) is 0 Å².